The minimum absolute atomic E-state index is 0.144. The van der Waals surface area contributed by atoms with Crippen molar-refractivity contribution >= 4 is 40.6 Å². The highest BCUT2D eigenvalue weighted by molar-refractivity contribution is 7.99. The molecule has 1 aliphatic rings. The monoisotopic (exact) mass is 308 g/mol. The van der Waals surface area contributed by atoms with Gasteiger partial charge in [-0.2, -0.15) is 11.8 Å². The van der Waals surface area contributed by atoms with E-state index < -0.39 is 0 Å². The van der Waals surface area contributed by atoms with Crippen LogP contribution in [-0.4, -0.2) is 29.4 Å². The van der Waals surface area contributed by atoms with Crippen molar-refractivity contribution in [2.24, 2.45) is 11.7 Å². The fourth-order valence-electron chi connectivity index (χ4n) is 2.44. The van der Waals surface area contributed by atoms with Crippen LogP contribution in [0.2, 0.25) is 0 Å². The number of anilines is 1. The summed E-state index contributed by atoms with van der Waals surface area (Å²) in [6.07, 6.45) is 2.89. The van der Waals surface area contributed by atoms with Crippen molar-refractivity contribution in [3.8, 4) is 0 Å². The number of thiocarbonyl (C=S) groups is 1. The van der Waals surface area contributed by atoms with Gasteiger partial charge in [0.2, 0.25) is 5.91 Å². The third-order valence-electron chi connectivity index (χ3n) is 3.71. The fourth-order valence-corrected chi connectivity index (χ4v) is 3.82. The summed E-state index contributed by atoms with van der Waals surface area (Å²) in [6.45, 7) is 0. The van der Waals surface area contributed by atoms with E-state index in [0.29, 0.717) is 17.3 Å². The van der Waals surface area contributed by atoms with E-state index in [1.54, 1.807) is 11.9 Å². The molecule has 0 unspecified atom stereocenters. The Bertz CT molecular complexity index is 498. The number of hydrogen-bond acceptors (Lipinski definition) is 3. The molecule has 0 radical (unpaired) electrons. The Morgan fingerprint density at radius 3 is 2.70 bits per heavy atom. The van der Waals surface area contributed by atoms with Crippen LogP contribution in [-0.2, 0) is 4.79 Å². The van der Waals surface area contributed by atoms with Gasteiger partial charge in [0.15, 0.2) is 0 Å². The lowest BCUT2D eigenvalue weighted by Crippen LogP contribution is -2.31. The first-order valence-electron chi connectivity index (χ1n) is 6.82. The molecule has 1 amide bonds. The number of nitrogens with two attached hydrogens (primary N) is 1. The number of hydrogen-bond donors (Lipinski definition) is 1. The predicted octanol–water partition coefficient (Wildman–Crippen LogP) is 2.82. The summed E-state index contributed by atoms with van der Waals surface area (Å²) in [7, 11) is 1.80. The number of carbonyl (C=O) groups excluding carboxylic acids is 1. The summed E-state index contributed by atoms with van der Waals surface area (Å²) in [6, 6.07) is 7.54. The van der Waals surface area contributed by atoms with Gasteiger partial charge in [-0.05, 0) is 42.4 Å². The number of rotatable bonds is 4. The first-order chi connectivity index (χ1) is 9.59. The molecule has 1 saturated heterocycles. The van der Waals surface area contributed by atoms with Crippen molar-refractivity contribution in [2.75, 3.05) is 23.5 Å². The Morgan fingerprint density at radius 2 is 2.05 bits per heavy atom. The number of thioether (sulfide) groups is 1. The summed E-state index contributed by atoms with van der Waals surface area (Å²) in [5, 5.41) is 0. The van der Waals surface area contributed by atoms with Gasteiger partial charge in [0.1, 0.15) is 4.99 Å². The van der Waals surface area contributed by atoms with Gasteiger partial charge >= 0.3 is 0 Å². The molecule has 0 aliphatic carbocycles. The normalized spacial score (nSPS) is 15.8. The zero-order valence-corrected chi connectivity index (χ0v) is 13.3. The largest absolute Gasteiger partial charge is 0.389 e. The van der Waals surface area contributed by atoms with Gasteiger partial charge in [-0.15, -0.1) is 0 Å². The Hall–Kier alpha value is -1.07. The zero-order valence-electron chi connectivity index (χ0n) is 11.7. The maximum Gasteiger partial charge on any atom is 0.227 e. The maximum absolute atomic E-state index is 12.4. The third-order valence-corrected chi connectivity index (χ3v) is 4.98. The molecule has 1 aliphatic heterocycles. The van der Waals surface area contributed by atoms with Crippen LogP contribution in [0.1, 0.15) is 24.8 Å². The van der Waals surface area contributed by atoms with Crippen LogP contribution in [0.15, 0.2) is 24.3 Å². The van der Waals surface area contributed by atoms with Crippen molar-refractivity contribution in [1.29, 1.82) is 0 Å². The molecule has 1 aromatic carbocycles. The van der Waals surface area contributed by atoms with Crippen LogP contribution in [0.5, 0.6) is 0 Å². The van der Waals surface area contributed by atoms with E-state index in [2.05, 4.69) is 0 Å². The number of para-hydroxylation sites is 1. The maximum atomic E-state index is 12.4. The topological polar surface area (TPSA) is 46.3 Å². The SMILES string of the molecule is CN(C(=O)CC1CCSCC1)c1ccccc1C(N)=S. The molecule has 5 heteroatoms. The minimum atomic E-state index is 0.144. The molecule has 1 fully saturated rings. The first kappa shape index (κ1) is 15.3. The molecule has 108 valence electrons. The summed E-state index contributed by atoms with van der Waals surface area (Å²) in [5.41, 5.74) is 7.29. The van der Waals surface area contributed by atoms with Crippen LogP contribution in [0.25, 0.3) is 0 Å². The van der Waals surface area contributed by atoms with Gasteiger partial charge in [0.25, 0.3) is 0 Å². The van der Waals surface area contributed by atoms with E-state index in [0.717, 1.165) is 24.1 Å². The lowest BCUT2D eigenvalue weighted by Gasteiger charge is -2.25. The molecule has 1 heterocycles. The Kier molecular flexibility index (Phi) is 5.43. The van der Waals surface area contributed by atoms with Crippen molar-refractivity contribution in [3.63, 3.8) is 0 Å². The highest BCUT2D eigenvalue weighted by Gasteiger charge is 2.21. The highest BCUT2D eigenvalue weighted by Crippen LogP contribution is 2.27. The second-order valence-corrected chi connectivity index (χ2v) is 6.76. The van der Waals surface area contributed by atoms with Gasteiger partial charge in [0.05, 0.1) is 5.69 Å². The molecule has 3 nitrogen and oxygen atoms in total. The van der Waals surface area contributed by atoms with E-state index in [9.17, 15) is 4.79 Å². The Labute approximate surface area is 129 Å². The van der Waals surface area contributed by atoms with Gasteiger partial charge < -0.3 is 10.6 Å². The summed E-state index contributed by atoms with van der Waals surface area (Å²) in [4.78, 5) is 14.4. The average Bonchev–Trinajstić information content (AvgIpc) is 2.47. The lowest BCUT2D eigenvalue weighted by molar-refractivity contribution is -0.119. The minimum Gasteiger partial charge on any atom is -0.389 e. The smallest absolute Gasteiger partial charge is 0.227 e. The van der Waals surface area contributed by atoms with E-state index in [1.165, 1.54) is 11.5 Å². The van der Waals surface area contributed by atoms with Crippen molar-refractivity contribution in [2.45, 2.75) is 19.3 Å². The second kappa shape index (κ2) is 7.09. The van der Waals surface area contributed by atoms with Crippen LogP contribution < -0.4 is 10.6 Å². The third kappa shape index (κ3) is 3.73. The molecule has 2 rings (SSSR count). The van der Waals surface area contributed by atoms with Gasteiger partial charge in [-0.3, -0.25) is 4.79 Å². The molecule has 0 aromatic heterocycles. The molecule has 1 aromatic rings. The van der Waals surface area contributed by atoms with Gasteiger partial charge in [-0.1, -0.05) is 24.4 Å². The van der Waals surface area contributed by atoms with E-state index >= 15 is 0 Å². The molecular formula is C15H20N2OS2. The predicted molar refractivity (Wildman–Crippen MR) is 90.4 cm³/mol. The summed E-state index contributed by atoms with van der Waals surface area (Å²) < 4.78 is 0. The summed E-state index contributed by atoms with van der Waals surface area (Å²) in [5.74, 6) is 3.00. The van der Waals surface area contributed by atoms with E-state index in [-0.39, 0.29) is 5.91 Å². The van der Waals surface area contributed by atoms with Crippen molar-refractivity contribution in [1.82, 2.24) is 0 Å². The average molecular weight is 308 g/mol. The summed E-state index contributed by atoms with van der Waals surface area (Å²) >= 11 is 7.03. The van der Waals surface area contributed by atoms with Crippen LogP contribution >= 0.6 is 24.0 Å². The van der Waals surface area contributed by atoms with Crippen LogP contribution in [0.4, 0.5) is 5.69 Å². The molecule has 20 heavy (non-hydrogen) atoms. The molecule has 0 atom stereocenters. The van der Waals surface area contributed by atoms with Crippen LogP contribution in [0, 0.1) is 5.92 Å². The highest BCUT2D eigenvalue weighted by atomic mass is 32.2. The van der Waals surface area contributed by atoms with Gasteiger partial charge in [-0.25, -0.2) is 0 Å². The van der Waals surface area contributed by atoms with Crippen molar-refractivity contribution in [3.05, 3.63) is 29.8 Å². The van der Waals surface area contributed by atoms with E-state index in [4.69, 9.17) is 18.0 Å². The molecule has 2 N–H and O–H groups in total. The number of benzene rings is 1. The Balaban J connectivity index is 2.08. The van der Waals surface area contributed by atoms with Crippen LogP contribution in [0.3, 0.4) is 0 Å². The fraction of sp³-hybridized carbons (Fsp3) is 0.467. The Morgan fingerprint density at radius 1 is 1.40 bits per heavy atom. The number of carbonyl (C=O) groups is 1. The standard InChI is InChI=1S/C15H20N2OS2/c1-17(13-5-3-2-4-12(13)15(16)19)14(18)10-11-6-8-20-9-7-11/h2-5,11H,6-10H2,1H3,(H2,16,19). The molecule has 0 bridgehead atoms. The quantitative estimate of drug-likeness (QED) is 0.869. The number of nitrogens with zero attached hydrogens (tertiary/aromatic N) is 1. The molecule has 0 spiro atoms. The van der Waals surface area contributed by atoms with Gasteiger partial charge in [0, 0.05) is 19.0 Å². The number of amides is 1. The molecular weight excluding hydrogens is 288 g/mol. The second-order valence-electron chi connectivity index (χ2n) is 5.09. The molecule has 0 saturated carbocycles. The zero-order chi connectivity index (χ0) is 14.5. The van der Waals surface area contributed by atoms with E-state index in [1.807, 2.05) is 36.0 Å². The first-order valence-corrected chi connectivity index (χ1v) is 8.39. The van der Waals surface area contributed by atoms with Crippen molar-refractivity contribution < 1.29 is 4.79 Å². The lowest BCUT2D eigenvalue weighted by atomic mass is 9.98.